The molecule has 0 aliphatic heterocycles. The molecule has 120 valence electrons. The fraction of sp³-hybridized carbons (Fsp3) is 1.00. The molecule has 2 heteroatoms. The Hall–Kier alpha value is -0.0800. The molecule has 0 atom stereocenters. The maximum Gasteiger partial charge on any atom is 0.00901 e. The van der Waals surface area contributed by atoms with Crippen LogP contribution in [-0.4, -0.2) is 30.6 Å². The van der Waals surface area contributed by atoms with Crippen LogP contribution in [0.15, 0.2) is 0 Å². The highest BCUT2D eigenvalue weighted by Gasteiger charge is 2.31. The van der Waals surface area contributed by atoms with Crippen LogP contribution in [-0.2, 0) is 0 Å². The van der Waals surface area contributed by atoms with Gasteiger partial charge in [0, 0.05) is 12.6 Å². The van der Waals surface area contributed by atoms with E-state index in [-0.39, 0.29) is 0 Å². The minimum atomic E-state index is 0.458. The molecule has 2 nitrogen and oxygen atoms in total. The Bertz CT molecular complexity index is 240. The van der Waals surface area contributed by atoms with E-state index in [9.17, 15) is 0 Å². The summed E-state index contributed by atoms with van der Waals surface area (Å²) in [6.45, 7) is 12.7. The highest BCUT2D eigenvalue weighted by molar-refractivity contribution is 4.85. The van der Waals surface area contributed by atoms with Gasteiger partial charge < -0.3 is 10.6 Å². The minimum Gasteiger partial charge on any atom is -0.330 e. The van der Waals surface area contributed by atoms with Crippen LogP contribution in [0.25, 0.3) is 0 Å². The van der Waals surface area contributed by atoms with Crippen molar-refractivity contribution in [1.82, 2.24) is 4.90 Å². The predicted octanol–water partition coefficient (Wildman–Crippen LogP) is 4.43. The molecule has 1 fully saturated rings. The van der Waals surface area contributed by atoms with Gasteiger partial charge in [-0.15, -0.1) is 0 Å². The fourth-order valence-corrected chi connectivity index (χ4v) is 3.94. The molecule has 0 bridgehead atoms. The second-order valence-electron chi connectivity index (χ2n) is 7.37. The molecule has 1 aliphatic carbocycles. The Balaban J connectivity index is 2.59. The lowest BCUT2D eigenvalue weighted by atomic mass is 9.71. The van der Waals surface area contributed by atoms with E-state index in [2.05, 4.69) is 32.6 Å². The summed E-state index contributed by atoms with van der Waals surface area (Å²) < 4.78 is 0. The van der Waals surface area contributed by atoms with E-state index >= 15 is 0 Å². The first-order valence-corrected chi connectivity index (χ1v) is 9.01. The molecule has 0 aromatic rings. The number of hydrogen-bond acceptors (Lipinski definition) is 2. The van der Waals surface area contributed by atoms with Gasteiger partial charge in [0.2, 0.25) is 0 Å². The standard InChI is InChI=1S/C18H38N2/c1-5-17(6-2)20(14-16(3)4)13-12-18(15-19)10-8-7-9-11-18/h16-17H,5-15,19H2,1-4H3. The van der Waals surface area contributed by atoms with E-state index in [4.69, 9.17) is 5.73 Å². The van der Waals surface area contributed by atoms with Crippen molar-refractivity contribution in [2.45, 2.75) is 85.1 Å². The van der Waals surface area contributed by atoms with Gasteiger partial charge >= 0.3 is 0 Å². The summed E-state index contributed by atoms with van der Waals surface area (Å²) in [7, 11) is 0. The lowest BCUT2D eigenvalue weighted by molar-refractivity contribution is 0.110. The zero-order valence-corrected chi connectivity index (χ0v) is 14.5. The molecular formula is C18H38N2. The average molecular weight is 283 g/mol. The Morgan fingerprint density at radius 3 is 2.10 bits per heavy atom. The molecule has 1 aliphatic rings. The molecule has 20 heavy (non-hydrogen) atoms. The summed E-state index contributed by atoms with van der Waals surface area (Å²) in [5.74, 6) is 0.760. The third-order valence-electron chi connectivity index (χ3n) is 5.34. The molecule has 0 spiro atoms. The van der Waals surface area contributed by atoms with Crippen molar-refractivity contribution in [2.75, 3.05) is 19.6 Å². The Kier molecular flexibility index (Phi) is 8.13. The van der Waals surface area contributed by atoms with Crippen molar-refractivity contribution in [1.29, 1.82) is 0 Å². The van der Waals surface area contributed by atoms with Crippen LogP contribution in [0.3, 0.4) is 0 Å². The minimum absolute atomic E-state index is 0.458. The smallest absolute Gasteiger partial charge is 0.00901 e. The number of rotatable bonds is 9. The van der Waals surface area contributed by atoms with Crippen molar-refractivity contribution in [2.24, 2.45) is 17.1 Å². The Labute approximate surface area is 127 Å². The lowest BCUT2D eigenvalue weighted by Gasteiger charge is -2.40. The van der Waals surface area contributed by atoms with Crippen LogP contribution >= 0.6 is 0 Å². The van der Waals surface area contributed by atoms with Gasteiger partial charge in [0.1, 0.15) is 0 Å². The highest BCUT2D eigenvalue weighted by atomic mass is 15.2. The molecule has 0 unspecified atom stereocenters. The van der Waals surface area contributed by atoms with Gasteiger partial charge in [-0.25, -0.2) is 0 Å². The molecule has 0 aromatic carbocycles. The first-order chi connectivity index (χ1) is 9.56. The molecule has 0 aromatic heterocycles. The molecule has 1 rings (SSSR count). The normalized spacial score (nSPS) is 19.2. The summed E-state index contributed by atoms with van der Waals surface area (Å²) in [6.07, 6.45) is 10.8. The molecule has 0 heterocycles. The van der Waals surface area contributed by atoms with Crippen molar-refractivity contribution in [3.63, 3.8) is 0 Å². The van der Waals surface area contributed by atoms with E-state index in [0.717, 1.165) is 18.5 Å². The molecule has 0 radical (unpaired) electrons. The average Bonchev–Trinajstić information content (AvgIpc) is 2.46. The zero-order chi connectivity index (χ0) is 15.0. The maximum atomic E-state index is 6.15. The van der Waals surface area contributed by atoms with Gasteiger partial charge in [-0.05, 0) is 56.5 Å². The summed E-state index contributed by atoms with van der Waals surface area (Å²) in [4.78, 5) is 2.75. The van der Waals surface area contributed by atoms with Crippen LogP contribution < -0.4 is 5.73 Å². The highest BCUT2D eigenvalue weighted by Crippen LogP contribution is 2.38. The second kappa shape index (κ2) is 9.04. The van der Waals surface area contributed by atoms with Crippen molar-refractivity contribution in [3.8, 4) is 0 Å². The van der Waals surface area contributed by atoms with E-state index in [0.29, 0.717) is 5.41 Å². The maximum absolute atomic E-state index is 6.15. The predicted molar refractivity (Wildman–Crippen MR) is 90.0 cm³/mol. The molecular weight excluding hydrogens is 244 g/mol. The second-order valence-corrected chi connectivity index (χ2v) is 7.37. The van der Waals surface area contributed by atoms with Gasteiger partial charge in [0.25, 0.3) is 0 Å². The largest absolute Gasteiger partial charge is 0.330 e. The van der Waals surface area contributed by atoms with Crippen molar-refractivity contribution in [3.05, 3.63) is 0 Å². The summed E-state index contributed by atoms with van der Waals surface area (Å²) in [5.41, 5.74) is 6.61. The first-order valence-electron chi connectivity index (χ1n) is 9.01. The van der Waals surface area contributed by atoms with Crippen LogP contribution in [0.2, 0.25) is 0 Å². The van der Waals surface area contributed by atoms with Crippen LogP contribution in [0.1, 0.15) is 79.1 Å². The van der Waals surface area contributed by atoms with Gasteiger partial charge in [-0.2, -0.15) is 0 Å². The fourth-order valence-electron chi connectivity index (χ4n) is 3.94. The van der Waals surface area contributed by atoms with E-state index in [1.807, 2.05) is 0 Å². The number of nitrogens with two attached hydrogens (primary N) is 1. The van der Waals surface area contributed by atoms with E-state index in [1.165, 1.54) is 64.5 Å². The monoisotopic (exact) mass is 282 g/mol. The van der Waals surface area contributed by atoms with Crippen LogP contribution in [0.5, 0.6) is 0 Å². The molecule has 2 N–H and O–H groups in total. The quantitative estimate of drug-likeness (QED) is 0.678. The summed E-state index contributed by atoms with van der Waals surface area (Å²) >= 11 is 0. The van der Waals surface area contributed by atoms with Gasteiger partial charge in [-0.3, -0.25) is 0 Å². The first kappa shape index (κ1) is 18.0. The Morgan fingerprint density at radius 1 is 1.05 bits per heavy atom. The number of hydrogen-bond donors (Lipinski definition) is 1. The SMILES string of the molecule is CCC(CC)N(CCC1(CN)CCCCC1)CC(C)C. The number of nitrogens with zero attached hydrogens (tertiary/aromatic N) is 1. The van der Waals surface area contributed by atoms with Crippen molar-refractivity contribution < 1.29 is 0 Å². The summed E-state index contributed by atoms with van der Waals surface area (Å²) in [6, 6.07) is 0.760. The van der Waals surface area contributed by atoms with Crippen molar-refractivity contribution >= 4 is 0 Å². The van der Waals surface area contributed by atoms with Crippen LogP contribution in [0.4, 0.5) is 0 Å². The zero-order valence-electron chi connectivity index (χ0n) is 14.5. The van der Waals surface area contributed by atoms with E-state index in [1.54, 1.807) is 0 Å². The molecule has 0 amide bonds. The van der Waals surface area contributed by atoms with Crippen LogP contribution in [0, 0.1) is 11.3 Å². The third kappa shape index (κ3) is 5.37. The van der Waals surface area contributed by atoms with Gasteiger partial charge in [0.15, 0.2) is 0 Å². The third-order valence-corrected chi connectivity index (χ3v) is 5.34. The van der Waals surface area contributed by atoms with E-state index < -0.39 is 0 Å². The lowest BCUT2D eigenvalue weighted by Crippen LogP contribution is -2.42. The topological polar surface area (TPSA) is 29.3 Å². The molecule has 0 saturated heterocycles. The Morgan fingerprint density at radius 2 is 1.65 bits per heavy atom. The molecule has 1 saturated carbocycles. The van der Waals surface area contributed by atoms with Gasteiger partial charge in [-0.1, -0.05) is 47.0 Å². The summed E-state index contributed by atoms with van der Waals surface area (Å²) in [5, 5.41) is 0. The van der Waals surface area contributed by atoms with Gasteiger partial charge in [0.05, 0.1) is 0 Å².